The molecule has 1 rings (SSSR count). The van der Waals surface area contributed by atoms with E-state index >= 15 is 0 Å². The molecule has 0 aromatic carbocycles. The molecule has 0 radical (unpaired) electrons. The van der Waals surface area contributed by atoms with Crippen LogP contribution in [0.5, 0.6) is 0 Å². The third kappa shape index (κ3) is 4.28. The summed E-state index contributed by atoms with van der Waals surface area (Å²) in [4.78, 5) is 11.8. The first-order chi connectivity index (χ1) is 7.08. The fourth-order valence-corrected chi connectivity index (χ4v) is 1.91. The zero-order chi connectivity index (χ0) is 11.3. The Morgan fingerprint density at radius 2 is 2.00 bits per heavy atom. The molecule has 1 aliphatic rings. The van der Waals surface area contributed by atoms with Crippen molar-refractivity contribution in [2.75, 3.05) is 13.7 Å². The van der Waals surface area contributed by atoms with Crippen LogP contribution in [0.15, 0.2) is 0 Å². The molecule has 0 aliphatic heterocycles. The molecule has 0 spiro atoms. The Morgan fingerprint density at radius 3 is 2.50 bits per heavy atom. The molecule has 0 saturated heterocycles. The van der Waals surface area contributed by atoms with Crippen LogP contribution in [0, 0.1) is 0 Å². The summed E-state index contributed by atoms with van der Waals surface area (Å²) in [5.41, 5.74) is 5.44. The largest absolute Gasteiger partial charge is 0.380 e. The number of hydrogen-bond donors (Lipinski definition) is 2. The predicted molar refractivity (Wildman–Crippen MR) is 66.7 cm³/mol. The minimum absolute atomic E-state index is 0. The van der Waals surface area contributed by atoms with Crippen molar-refractivity contribution in [1.29, 1.82) is 0 Å². The van der Waals surface area contributed by atoms with Gasteiger partial charge in [-0.25, -0.2) is 0 Å². The lowest BCUT2D eigenvalue weighted by Crippen LogP contribution is -2.55. The third-order valence-corrected chi connectivity index (χ3v) is 3.15. The van der Waals surface area contributed by atoms with Crippen molar-refractivity contribution in [3.8, 4) is 0 Å². The molecule has 0 heterocycles. The van der Waals surface area contributed by atoms with E-state index in [4.69, 9.17) is 10.5 Å². The maximum absolute atomic E-state index is 11.8. The number of ether oxygens (including phenoxy) is 1. The molecular formula is C11H23ClN2O2. The summed E-state index contributed by atoms with van der Waals surface area (Å²) < 4.78 is 5.07. The highest BCUT2D eigenvalue weighted by Gasteiger charge is 2.34. The molecule has 0 bridgehead atoms. The van der Waals surface area contributed by atoms with Crippen LogP contribution in [-0.4, -0.2) is 31.2 Å². The Morgan fingerprint density at radius 1 is 1.44 bits per heavy atom. The maximum Gasteiger partial charge on any atom is 0.240 e. The SMILES string of the molecule is COC(C)CNC(=O)C1(N)CCCCC1.Cl. The summed E-state index contributed by atoms with van der Waals surface area (Å²) in [6.45, 7) is 2.46. The molecule has 1 atom stereocenters. The van der Waals surface area contributed by atoms with Gasteiger partial charge in [0.05, 0.1) is 11.6 Å². The molecule has 3 N–H and O–H groups in total. The molecule has 1 fully saturated rings. The first-order valence-corrected chi connectivity index (χ1v) is 5.68. The van der Waals surface area contributed by atoms with Crippen LogP contribution < -0.4 is 11.1 Å². The molecule has 1 saturated carbocycles. The van der Waals surface area contributed by atoms with Gasteiger partial charge in [-0.3, -0.25) is 4.79 Å². The molecule has 1 amide bonds. The first kappa shape index (κ1) is 15.7. The number of hydrogen-bond acceptors (Lipinski definition) is 3. The quantitative estimate of drug-likeness (QED) is 0.789. The van der Waals surface area contributed by atoms with Gasteiger partial charge in [-0.1, -0.05) is 19.3 Å². The second-order valence-electron chi connectivity index (χ2n) is 4.47. The van der Waals surface area contributed by atoms with Crippen molar-refractivity contribution in [2.24, 2.45) is 5.73 Å². The molecule has 4 nitrogen and oxygen atoms in total. The average Bonchev–Trinajstić information content (AvgIpc) is 2.26. The van der Waals surface area contributed by atoms with E-state index in [0.29, 0.717) is 6.54 Å². The van der Waals surface area contributed by atoms with Crippen molar-refractivity contribution >= 4 is 18.3 Å². The van der Waals surface area contributed by atoms with Crippen molar-refractivity contribution in [3.05, 3.63) is 0 Å². The predicted octanol–water partition coefficient (Wildman–Crippen LogP) is 1.22. The van der Waals surface area contributed by atoms with E-state index < -0.39 is 5.54 Å². The topological polar surface area (TPSA) is 64.3 Å². The molecule has 96 valence electrons. The van der Waals surface area contributed by atoms with Gasteiger partial charge in [0.1, 0.15) is 0 Å². The Hall–Kier alpha value is -0.320. The molecule has 5 heteroatoms. The number of amides is 1. The standard InChI is InChI=1S/C11H22N2O2.ClH/c1-9(15-2)8-13-10(14)11(12)6-4-3-5-7-11;/h9H,3-8,12H2,1-2H3,(H,13,14);1H. The minimum Gasteiger partial charge on any atom is -0.380 e. The summed E-state index contributed by atoms with van der Waals surface area (Å²) in [5.74, 6) is -0.0221. The summed E-state index contributed by atoms with van der Waals surface area (Å²) >= 11 is 0. The van der Waals surface area contributed by atoms with Gasteiger partial charge in [0, 0.05) is 13.7 Å². The smallest absolute Gasteiger partial charge is 0.240 e. The highest BCUT2D eigenvalue weighted by Crippen LogP contribution is 2.25. The van der Waals surface area contributed by atoms with E-state index in [-0.39, 0.29) is 24.4 Å². The number of carbonyl (C=O) groups is 1. The van der Waals surface area contributed by atoms with Gasteiger partial charge in [0.15, 0.2) is 0 Å². The Bertz CT molecular complexity index is 218. The number of rotatable bonds is 4. The van der Waals surface area contributed by atoms with Gasteiger partial charge in [-0.2, -0.15) is 0 Å². The number of halogens is 1. The van der Waals surface area contributed by atoms with Gasteiger partial charge >= 0.3 is 0 Å². The number of nitrogens with two attached hydrogens (primary N) is 1. The van der Waals surface area contributed by atoms with Crippen LogP contribution in [0.2, 0.25) is 0 Å². The molecule has 1 unspecified atom stereocenters. The van der Waals surface area contributed by atoms with Crippen LogP contribution in [0.25, 0.3) is 0 Å². The zero-order valence-corrected chi connectivity index (χ0v) is 10.9. The summed E-state index contributed by atoms with van der Waals surface area (Å²) in [5, 5.41) is 2.85. The number of methoxy groups -OCH3 is 1. The fourth-order valence-electron chi connectivity index (χ4n) is 1.91. The lowest BCUT2D eigenvalue weighted by atomic mass is 9.82. The van der Waals surface area contributed by atoms with E-state index in [2.05, 4.69) is 5.32 Å². The Balaban J connectivity index is 0.00000225. The van der Waals surface area contributed by atoms with Gasteiger partial charge in [-0.05, 0) is 19.8 Å². The third-order valence-electron chi connectivity index (χ3n) is 3.15. The molecule has 1 aliphatic carbocycles. The highest BCUT2D eigenvalue weighted by atomic mass is 35.5. The second kappa shape index (κ2) is 7.09. The van der Waals surface area contributed by atoms with Crippen LogP contribution in [0.1, 0.15) is 39.0 Å². The number of nitrogens with one attached hydrogen (secondary N) is 1. The Kier molecular flexibility index (Phi) is 6.95. The van der Waals surface area contributed by atoms with Crippen molar-refractivity contribution < 1.29 is 9.53 Å². The monoisotopic (exact) mass is 250 g/mol. The van der Waals surface area contributed by atoms with Gasteiger partial charge in [0.2, 0.25) is 5.91 Å². The summed E-state index contributed by atoms with van der Waals surface area (Å²) in [7, 11) is 1.63. The van der Waals surface area contributed by atoms with Crippen LogP contribution in [-0.2, 0) is 9.53 Å². The van der Waals surface area contributed by atoms with E-state index in [9.17, 15) is 4.79 Å². The average molecular weight is 251 g/mol. The molecular weight excluding hydrogens is 228 g/mol. The van der Waals surface area contributed by atoms with Crippen molar-refractivity contribution in [1.82, 2.24) is 5.32 Å². The van der Waals surface area contributed by atoms with E-state index in [1.54, 1.807) is 7.11 Å². The molecule has 0 aromatic heterocycles. The van der Waals surface area contributed by atoms with Crippen LogP contribution in [0.3, 0.4) is 0 Å². The van der Waals surface area contributed by atoms with E-state index in [1.807, 2.05) is 6.92 Å². The van der Waals surface area contributed by atoms with Gasteiger partial charge in [0.25, 0.3) is 0 Å². The summed E-state index contributed by atoms with van der Waals surface area (Å²) in [6, 6.07) is 0. The van der Waals surface area contributed by atoms with Gasteiger partial charge in [-0.15, -0.1) is 12.4 Å². The normalized spacial score (nSPS) is 20.7. The first-order valence-electron chi connectivity index (χ1n) is 5.68. The molecule has 0 aromatic rings. The van der Waals surface area contributed by atoms with Crippen molar-refractivity contribution in [3.63, 3.8) is 0 Å². The second-order valence-corrected chi connectivity index (χ2v) is 4.47. The lowest BCUT2D eigenvalue weighted by Gasteiger charge is -2.32. The number of carbonyl (C=O) groups excluding carboxylic acids is 1. The molecule has 16 heavy (non-hydrogen) atoms. The lowest BCUT2D eigenvalue weighted by molar-refractivity contribution is -0.128. The van der Waals surface area contributed by atoms with Crippen LogP contribution in [0.4, 0.5) is 0 Å². The highest BCUT2D eigenvalue weighted by molar-refractivity contribution is 5.86. The summed E-state index contributed by atoms with van der Waals surface area (Å²) in [6.07, 6.45) is 4.97. The maximum atomic E-state index is 11.8. The van der Waals surface area contributed by atoms with E-state index in [1.165, 1.54) is 6.42 Å². The minimum atomic E-state index is -0.633. The van der Waals surface area contributed by atoms with Crippen molar-refractivity contribution in [2.45, 2.75) is 50.7 Å². The van der Waals surface area contributed by atoms with Crippen LogP contribution >= 0.6 is 12.4 Å². The fraction of sp³-hybridized carbons (Fsp3) is 0.909. The van der Waals surface area contributed by atoms with E-state index in [0.717, 1.165) is 25.7 Å². The van der Waals surface area contributed by atoms with Gasteiger partial charge < -0.3 is 15.8 Å². The zero-order valence-electron chi connectivity index (χ0n) is 10.1. The Labute approximate surface area is 104 Å².